The third-order valence-corrected chi connectivity index (χ3v) is 2.81. The molecule has 1 saturated carbocycles. The lowest BCUT2D eigenvalue weighted by atomic mass is 9.75. The van der Waals surface area contributed by atoms with Crippen molar-refractivity contribution in [2.24, 2.45) is 0 Å². The normalized spacial score (nSPS) is 27.3. The van der Waals surface area contributed by atoms with Crippen LogP contribution in [0.15, 0.2) is 11.7 Å². The Hall–Kier alpha value is -0.440. The van der Waals surface area contributed by atoms with Crippen LogP contribution in [0.4, 0.5) is 8.78 Å². The standard InChI is InChI=1S/C8H11F2N/c9-7(10)6-4-8(11-5-6)2-1-3-8/h11H,1-5H2. The van der Waals surface area contributed by atoms with Gasteiger partial charge in [0.2, 0.25) is 0 Å². The minimum atomic E-state index is -1.47. The fraction of sp³-hybridized carbons (Fsp3) is 0.750. The second-order valence-corrected chi connectivity index (χ2v) is 3.53. The van der Waals surface area contributed by atoms with Crippen molar-refractivity contribution in [1.82, 2.24) is 5.32 Å². The third-order valence-electron chi connectivity index (χ3n) is 2.81. The van der Waals surface area contributed by atoms with Crippen LogP contribution < -0.4 is 5.32 Å². The predicted octanol–water partition coefficient (Wildman–Crippen LogP) is 2.05. The van der Waals surface area contributed by atoms with Gasteiger partial charge in [-0.3, -0.25) is 0 Å². The average molecular weight is 159 g/mol. The number of nitrogens with one attached hydrogen (secondary N) is 1. The molecule has 11 heavy (non-hydrogen) atoms. The zero-order valence-corrected chi connectivity index (χ0v) is 6.29. The fourth-order valence-corrected chi connectivity index (χ4v) is 1.92. The van der Waals surface area contributed by atoms with Gasteiger partial charge in [0.15, 0.2) is 0 Å². The molecule has 2 aliphatic rings. The first kappa shape index (κ1) is 7.22. The topological polar surface area (TPSA) is 12.0 Å². The van der Waals surface area contributed by atoms with Crippen molar-refractivity contribution in [3.63, 3.8) is 0 Å². The van der Waals surface area contributed by atoms with Gasteiger partial charge in [-0.05, 0) is 25.7 Å². The average Bonchev–Trinajstić information content (AvgIpc) is 2.28. The fourth-order valence-electron chi connectivity index (χ4n) is 1.92. The molecule has 2 rings (SSSR count). The summed E-state index contributed by atoms with van der Waals surface area (Å²) in [5.74, 6) is 0. The van der Waals surface area contributed by atoms with Gasteiger partial charge >= 0.3 is 0 Å². The van der Waals surface area contributed by atoms with Gasteiger partial charge in [0.05, 0.1) is 0 Å². The van der Waals surface area contributed by atoms with E-state index in [1.165, 1.54) is 6.42 Å². The minimum absolute atomic E-state index is 0.0821. The number of hydrogen-bond donors (Lipinski definition) is 1. The van der Waals surface area contributed by atoms with Crippen molar-refractivity contribution in [3.8, 4) is 0 Å². The van der Waals surface area contributed by atoms with E-state index < -0.39 is 6.08 Å². The molecule has 0 bridgehead atoms. The lowest BCUT2D eigenvalue weighted by molar-refractivity contribution is 0.219. The molecule has 1 spiro atoms. The summed E-state index contributed by atoms with van der Waals surface area (Å²) in [4.78, 5) is 0. The molecular weight excluding hydrogens is 148 g/mol. The van der Waals surface area contributed by atoms with E-state index in [9.17, 15) is 8.78 Å². The molecule has 1 N–H and O–H groups in total. The molecule has 0 amide bonds. The highest BCUT2D eigenvalue weighted by atomic mass is 19.3. The maximum atomic E-state index is 12.1. The van der Waals surface area contributed by atoms with Gasteiger partial charge < -0.3 is 5.32 Å². The molecule has 0 atom stereocenters. The largest absolute Gasteiger partial charge is 0.307 e. The first-order valence-corrected chi connectivity index (χ1v) is 4.00. The monoisotopic (exact) mass is 159 g/mol. The number of hydrogen-bond acceptors (Lipinski definition) is 1. The molecule has 0 radical (unpaired) electrons. The molecule has 1 aliphatic heterocycles. The molecule has 1 heterocycles. The van der Waals surface area contributed by atoms with Crippen molar-refractivity contribution in [1.29, 1.82) is 0 Å². The third kappa shape index (κ3) is 1.07. The maximum Gasteiger partial charge on any atom is 0.270 e. The second kappa shape index (κ2) is 2.27. The van der Waals surface area contributed by atoms with Gasteiger partial charge in [-0.25, -0.2) is 0 Å². The molecule has 62 valence electrons. The Morgan fingerprint density at radius 1 is 1.36 bits per heavy atom. The zero-order valence-electron chi connectivity index (χ0n) is 6.29. The van der Waals surface area contributed by atoms with E-state index in [2.05, 4.69) is 5.32 Å². The summed E-state index contributed by atoms with van der Waals surface area (Å²) in [5, 5.41) is 3.16. The minimum Gasteiger partial charge on any atom is -0.307 e. The van der Waals surface area contributed by atoms with E-state index in [1.54, 1.807) is 0 Å². The molecule has 0 aromatic heterocycles. The Balaban J connectivity index is 2.09. The predicted molar refractivity (Wildman–Crippen MR) is 38.4 cm³/mol. The van der Waals surface area contributed by atoms with E-state index in [0.29, 0.717) is 18.5 Å². The molecule has 2 fully saturated rings. The summed E-state index contributed by atoms with van der Waals surface area (Å²) in [6, 6.07) is 0. The van der Waals surface area contributed by atoms with Crippen molar-refractivity contribution in [3.05, 3.63) is 11.7 Å². The van der Waals surface area contributed by atoms with Crippen molar-refractivity contribution >= 4 is 0 Å². The zero-order chi connectivity index (χ0) is 7.90. The van der Waals surface area contributed by atoms with Crippen LogP contribution in [0.25, 0.3) is 0 Å². The first-order chi connectivity index (χ1) is 5.22. The van der Waals surface area contributed by atoms with E-state index in [0.717, 1.165) is 12.8 Å². The van der Waals surface area contributed by atoms with E-state index in [4.69, 9.17) is 0 Å². The Kier molecular flexibility index (Phi) is 1.49. The van der Waals surface area contributed by atoms with Gasteiger partial charge in [0.1, 0.15) is 0 Å². The van der Waals surface area contributed by atoms with E-state index in [1.807, 2.05) is 0 Å². The Morgan fingerprint density at radius 2 is 2.09 bits per heavy atom. The lowest BCUT2D eigenvalue weighted by Crippen LogP contribution is -2.45. The molecule has 1 saturated heterocycles. The summed E-state index contributed by atoms with van der Waals surface area (Å²) >= 11 is 0. The highest BCUT2D eigenvalue weighted by molar-refractivity contribution is 5.20. The summed E-state index contributed by atoms with van der Waals surface area (Å²) in [7, 11) is 0. The van der Waals surface area contributed by atoms with Gasteiger partial charge in [-0.1, -0.05) is 0 Å². The quantitative estimate of drug-likeness (QED) is 0.570. The lowest BCUT2D eigenvalue weighted by Gasteiger charge is -2.38. The Bertz CT molecular complexity index is 202. The number of halogens is 2. The second-order valence-electron chi connectivity index (χ2n) is 3.53. The van der Waals surface area contributed by atoms with Crippen LogP contribution in [-0.2, 0) is 0 Å². The summed E-state index contributed by atoms with van der Waals surface area (Å²) < 4.78 is 24.2. The van der Waals surface area contributed by atoms with Crippen molar-refractivity contribution < 1.29 is 8.78 Å². The van der Waals surface area contributed by atoms with Crippen molar-refractivity contribution in [2.75, 3.05) is 6.54 Å². The number of rotatable bonds is 0. The highest BCUT2D eigenvalue weighted by Crippen LogP contribution is 2.41. The Morgan fingerprint density at radius 3 is 2.36 bits per heavy atom. The summed E-state index contributed by atoms with van der Waals surface area (Å²) in [6.07, 6.45) is 2.44. The molecule has 1 aliphatic carbocycles. The van der Waals surface area contributed by atoms with Crippen LogP contribution in [0.5, 0.6) is 0 Å². The van der Waals surface area contributed by atoms with Gasteiger partial charge in [-0.2, -0.15) is 8.78 Å². The van der Waals surface area contributed by atoms with Crippen molar-refractivity contribution in [2.45, 2.75) is 31.2 Å². The molecule has 0 aromatic carbocycles. The molecular formula is C8H11F2N. The van der Waals surface area contributed by atoms with Crippen LogP contribution in [0, 0.1) is 0 Å². The smallest absolute Gasteiger partial charge is 0.270 e. The van der Waals surface area contributed by atoms with Crippen LogP contribution in [-0.4, -0.2) is 12.1 Å². The van der Waals surface area contributed by atoms with Gasteiger partial charge in [0, 0.05) is 17.7 Å². The van der Waals surface area contributed by atoms with Crippen LogP contribution in [0.3, 0.4) is 0 Å². The summed E-state index contributed by atoms with van der Waals surface area (Å²) in [5.41, 5.74) is 0.406. The highest BCUT2D eigenvalue weighted by Gasteiger charge is 2.42. The van der Waals surface area contributed by atoms with E-state index >= 15 is 0 Å². The van der Waals surface area contributed by atoms with Gasteiger partial charge in [0.25, 0.3) is 6.08 Å². The molecule has 3 heteroatoms. The van der Waals surface area contributed by atoms with Crippen LogP contribution >= 0.6 is 0 Å². The van der Waals surface area contributed by atoms with E-state index in [-0.39, 0.29) is 5.54 Å². The Labute approximate surface area is 64.5 Å². The maximum absolute atomic E-state index is 12.1. The SMILES string of the molecule is FC(F)=C1CNC2(CCC2)C1. The first-order valence-electron chi connectivity index (χ1n) is 4.00. The van der Waals surface area contributed by atoms with Gasteiger partial charge in [-0.15, -0.1) is 0 Å². The molecule has 0 aromatic rings. The molecule has 0 unspecified atom stereocenters. The summed E-state index contributed by atoms with van der Waals surface area (Å²) in [6.45, 7) is 0.405. The van der Waals surface area contributed by atoms with Crippen LogP contribution in [0.1, 0.15) is 25.7 Å². The molecule has 1 nitrogen and oxygen atoms in total. The van der Waals surface area contributed by atoms with Crippen LogP contribution in [0.2, 0.25) is 0 Å².